The van der Waals surface area contributed by atoms with Gasteiger partial charge in [-0.05, 0) is 25.0 Å². The van der Waals surface area contributed by atoms with Gasteiger partial charge in [0.15, 0.2) is 11.4 Å². The summed E-state index contributed by atoms with van der Waals surface area (Å²) in [5.41, 5.74) is 0.550. The first kappa shape index (κ1) is 13.8. The molecule has 0 spiro atoms. The van der Waals surface area contributed by atoms with Crippen LogP contribution in [0.25, 0.3) is 0 Å². The highest BCUT2D eigenvalue weighted by atomic mass is 32.1. The normalized spacial score (nSPS) is 10.7. The lowest BCUT2D eigenvalue weighted by molar-refractivity contribution is 0.102. The van der Waals surface area contributed by atoms with Gasteiger partial charge in [0.2, 0.25) is 5.78 Å². The predicted octanol–water partition coefficient (Wildman–Crippen LogP) is 3.16. The maximum absolute atomic E-state index is 12.6. The van der Waals surface area contributed by atoms with Crippen LogP contribution in [0.3, 0.4) is 0 Å². The second kappa shape index (κ2) is 6.02. The summed E-state index contributed by atoms with van der Waals surface area (Å²) in [5, 5.41) is 4.23. The molecule has 0 aliphatic heterocycles. The summed E-state index contributed by atoms with van der Waals surface area (Å²) in [4.78, 5) is 14.5. The molecule has 5 heteroatoms. The number of thiophene rings is 1. The molecule has 0 atom stereocenters. The van der Waals surface area contributed by atoms with Gasteiger partial charge in [-0.2, -0.15) is 5.10 Å². The van der Waals surface area contributed by atoms with E-state index < -0.39 is 0 Å². The topological polar surface area (TPSA) is 44.1 Å². The van der Waals surface area contributed by atoms with Gasteiger partial charge in [0.25, 0.3) is 0 Å². The van der Waals surface area contributed by atoms with Gasteiger partial charge in [0.05, 0.1) is 18.2 Å². The van der Waals surface area contributed by atoms with Gasteiger partial charge in [-0.3, -0.25) is 9.48 Å². The highest BCUT2D eigenvalue weighted by Crippen LogP contribution is 2.25. The van der Waals surface area contributed by atoms with Crippen molar-refractivity contribution < 1.29 is 9.53 Å². The van der Waals surface area contributed by atoms with Gasteiger partial charge in [0.1, 0.15) is 0 Å². The first-order chi connectivity index (χ1) is 9.21. The number of carbonyl (C=O) groups excluding carboxylic acids is 1. The Labute approximate surface area is 117 Å². The van der Waals surface area contributed by atoms with Gasteiger partial charge in [-0.15, -0.1) is 11.3 Å². The van der Waals surface area contributed by atoms with Crippen molar-refractivity contribution in [2.45, 2.75) is 33.2 Å². The minimum Gasteiger partial charge on any atom is -0.493 e. The van der Waals surface area contributed by atoms with Crippen LogP contribution >= 0.6 is 11.3 Å². The Bertz CT molecular complexity index is 572. The second-order valence-corrected chi connectivity index (χ2v) is 5.40. The molecule has 2 aromatic rings. The fourth-order valence-corrected chi connectivity index (χ4v) is 2.82. The maximum Gasteiger partial charge on any atom is 0.224 e. The zero-order valence-corrected chi connectivity index (χ0v) is 12.3. The first-order valence-electron chi connectivity index (χ1n) is 6.44. The van der Waals surface area contributed by atoms with Crippen LogP contribution in [0.15, 0.2) is 18.3 Å². The van der Waals surface area contributed by atoms with Crippen LogP contribution in [0.4, 0.5) is 0 Å². The molecule has 0 saturated heterocycles. The van der Waals surface area contributed by atoms with E-state index in [4.69, 9.17) is 4.74 Å². The van der Waals surface area contributed by atoms with E-state index in [1.807, 2.05) is 12.1 Å². The third-order valence-corrected chi connectivity index (χ3v) is 4.14. The van der Waals surface area contributed by atoms with Crippen LogP contribution in [0.5, 0.6) is 5.75 Å². The summed E-state index contributed by atoms with van der Waals surface area (Å²) in [7, 11) is 1.57. The predicted molar refractivity (Wildman–Crippen MR) is 76.2 cm³/mol. The molecule has 0 aliphatic carbocycles. The monoisotopic (exact) mass is 278 g/mol. The Hall–Kier alpha value is -1.62. The molecule has 0 unspecified atom stereocenters. The molecule has 0 radical (unpaired) electrons. The van der Waals surface area contributed by atoms with E-state index in [1.165, 1.54) is 16.2 Å². The number of hydrogen-bond acceptors (Lipinski definition) is 4. The average molecular weight is 278 g/mol. The highest BCUT2D eigenvalue weighted by Gasteiger charge is 2.21. The quantitative estimate of drug-likeness (QED) is 0.762. The third kappa shape index (κ3) is 2.71. The first-order valence-corrected chi connectivity index (χ1v) is 7.26. The number of carbonyl (C=O) groups is 1. The molecule has 0 saturated carbocycles. The Morgan fingerprint density at radius 2 is 2.21 bits per heavy atom. The Morgan fingerprint density at radius 1 is 1.42 bits per heavy atom. The van der Waals surface area contributed by atoms with Crippen molar-refractivity contribution in [1.29, 1.82) is 0 Å². The number of ether oxygens (including phenoxy) is 1. The average Bonchev–Trinajstić information content (AvgIpc) is 3.04. The molecule has 0 aliphatic rings. The lowest BCUT2D eigenvalue weighted by atomic mass is 10.2. The molecule has 0 fully saturated rings. The van der Waals surface area contributed by atoms with Gasteiger partial charge < -0.3 is 4.74 Å². The summed E-state index contributed by atoms with van der Waals surface area (Å²) >= 11 is 1.54. The van der Waals surface area contributed by atoms with E-state index in [9.17, 15) is 4.79 Å². The molecular weight excluding hydrogens is 260 g/mol. The van der Waals surface area contributed by atoms with E-state index >= 15 is 0 Å². The number of aromatic nitrogens is 2. The Kier molecular flexibility index (Phi) is 4.37. The van der Waals surface area contributed by atoms with Crippen molar-refractivity contribution in [2.24, 2.45) is 0 Å². The standard InChI is InChI=1S/C14H18N2O2S/c1-4-8-16-13(11(18-3)9-15-16)14(17)12-7-6-10(5-2)19-12/h6-7,9H,4-5,8H2,1-3H3. The molecule has 2 heterocycles. The zero-order chi connectivity index (χ0) is 13.8. The van der Waals surface area contributed by atoms with Gasteiger partial charge in [-0.25, -0.2) is 0 Å². The lowest BCUT2D eigenvalue weighted by Gasteiger charge is -2.06. The molecule has 0 amide bonds. The van der Waals surface area contributed by atoms with E-state index in [1.54, 1.807) is 18.0 Å². The molecule has 102 valence electrons. The number of nitrogens with zero attached hydrogens (tertiary/aromatic N) is 2. The summed E-state index contributed by atoms with van der Waals surface area (Å²) < 4.78 is 6.98. The lowest BCUT2D eigenvalue weighted by Crippen LogP contribution is -2.11. The number of methoxy groups -OCH3 is 1. The fourth-order valence-electron chi connectivity index (χ4n) is 1.93. The SMILES string of the molecule is CCCn1ncc(OC)c1C(=O)c1ccc(CC)s1. The van der Waals surface area contributed by atoms with Crippen LogP contribution in [-0.2, 0) is 13.0 Å². The van der Waals surface area contributed by atoms with E-state index in [0.717, 1.165) is 24.3 Å². The molecule has 0 N–H and O–H groups in total. The van der Waals surface area contributed by atoms with Crippen molar-refractivity contribution >= 4 is 17.1 Å². The molecule has 2 rings (SSSR count). The highest BCUT2D eigenvalue weighted by molar-refractivity contribution is 7.14. The van der Waals surface area contributed by atoms with Crippen molar-refractivity contribution in [1.82, 2.24) is 9.78 Å². The fraction of sp³-hybridized carbons (Fsp3) is 0.429. The second-order valence-electron chi connectivity index (χ2n) is 4.23. The van der Waals surface area contributed by atoms with Crippen molar-refractivity contribution in [3.8, 4) is 5.75 Å². The van der Waals surface area contributed by atoms with E-state index in [-0.39, 0.29) is 5.78 Å². The minimum atomic E-state index is -0.00694. The molecule has 0 aromatic carbocycles. The Morgan fingerprint density at radius 3 is 2.79 bits per heavy atom. The van der Waals surface area contributed by atoms with Crippen LogP contribution in [-0.4, -0.2) is 22.7 Å². The van der Waals surface area contributed by atoms with E-state index in [0.29, 0.717) is 11.4 Å². The van der Waals surface area contributed by atoms with Crippen LogP contribution in [0.2, 0.25) is 0 Å². The zero-order valence-electron chi connectivity index (χ0n) is 11.5. The van der Waals surface area contributed by atoms with Crippen molar-refractivity contribution in [3.63, 3.8) is 0 Å². The van der Waals surface area contributed by atoms with Crippen LogP contribution in [0.1, 0.15) is 40.5 Å². The Balaban J connectivity index is 2.38. The third-order valence-electron chi connectivity index (χ3n) is 2.91. The molecule has 19 heavy (non-hydrogen) atoms. The van der Waals surface area contributed by atoms with Crippen molar-refractivity contribution in [2.75, 3.05) is 7.11 Å². The summed E-state index contributed by atoms with van der Waals surface area (Å²) in [6, 6.07) is 3.89. The van der Waals surface area contributed by atoms with Gasteiger partial charge in [0, 0.05) is 11.4 Å². The van der Waals surface area contributed by atoms with Crippen LogP contribution in [0, 0.1) is 0 Å². The number of rotatable bonds is 6. The largest absolute Gasteiger partial charge is 0.493 e. The number of ketones is 1. The molecule has 4 nitrogen and oxygen atoms in total. The van der Waals surface area contributed by atoms with Crippen molar-refractivity contribution in [3.05, 3.63) is 33.8 Å². The summed E-state index contributed by atoms with van der Waals surface area (Å²) in [6.07, 6.45) is 3.48. The smallest absolute Gasteiger partial charge is 0.224 e. The molecule has 2 aromatic heterocycles. The maximum atomic E-state index is 12.6. The van der Waals surface area contributed by atoms with Gasteiger partial charge in [-0.1, -0.05) is 13.8 Å². The number of aryl methyl sites for hydroxylation is 2. The summed E-state index contributed by atoms with van der Waals surface area (Å²) in [5.74, 6) is 0.539. The van der Waals surface area contributed by atoms with Gasteiger partial charge >= 0.3 is 0 Å². The van der Waals surface area contributed by atoms with E-state index in [2.05, 4.69) is 18.9 Å². The minimum absolute atomic E-state index is 0.00694. The molecular formula is C14H18N2O2S. The molecule has 0 bridgehead atoms. The summed E-state index contributed by atoms with van der Waals surface area (Å²) in [6.45, 7) is 4.86. The number of hydrogen-bond donors (Lipinski definition) is 0. The van der Waals surface area contributed by atoms with Crippen LogP contribution < -0.4 is 4.74 Å².